The third-order valence-electron chi connectivity index (χ3n) is 9.45. The van der Waals surface area contributed by atoms with Crippen molar-refractivity contribution >= 4 is 0 Å². The zero-order valence-electron chi connectivity index (χ0n) is 16.2. The van der Waals surface area contributed by atoms with Gasteiger partial charge in [-0.3, -0.25) is 0 Å². The van der Waals surface area contributed by atoms with Crippen LogP contribution < -0.4 is 0 Å². The molecule has 1 heterocycles. The first-order valence-corrected chi connectivity index (χ1v) is 11.1. The van der Waals surface area contributed by atoms with Gasteiger partial charge < -0.3 is 19.7 Å². The number of hydrogen-bond acceptors (Lipinski definition) is 4. The van der Waals surface area contributed by atoms with Crippen LogP contribution in [0.25, 0.3) is 0 Å². The molecule has 4 heteroatoms. The van der Waals surface area contributed by atoms with Crippen LogP contribution in [0.3, 0.4) is 0 Å². The summed E-state index contributed by atoms with van der Waals surface area (Å²) in [5.41, 5.74) is 0.245. The van der Waals surface area contributed by atoms with Crippen LogP contribution in [0.1, 0.15) is 64.7 Å². The summed E-state index contributed by atoms with van der Waals surface area (Å²) in [6.45, 7) is 3.72. The average molecular weight is 365 g/mol. The first-order chi connectivity index (χ1) is 12.6. The zero-order chi connectivity index (χ0) is 17.9. The first kappa shape index (κ1) is 17.9. The molecule has 1 unspecified atom stereocenters. The predicted molar refractivity (Wildman–Crippen MR) is 98.3 cm³/mol. The van der Waals surface area contributed by atoms with Crippen molar-refractivity contribution in [1.29, 1.82) is 0 Å². The minimum absolute atomic E-state index is 0.00331. The van der Waals surface area contributed by atoms with Crippen LogP contribution >= 0.6 is 0 Å². The van der Waals surface area contributed by atoms with Gasteiger partial charge in [-0.1, -0.05) is 6.92 Å². The van der Waals surface area contributed by atoms with Gasteiger partial charge in [0.2, 0.25) is 0 Å². The normalized spacial score (nSPS) is 53.0. The summed E-state index contributed by atoms with van der Waals surface area (Å²) in [6, 6.07) is 0. The molecule has 0 aromatic carbocycles. The van der Waals surface area contributed by atoms with E-state index in [4.69, 9.17) is 9.47 Å². The maximum absolute atomic E-state index is 10.1. The molecule has 2 N–H and O–H groups in total. The van der Waals surface area contributed by atoms with Crippen LogP contribution in [0, 0.1) is 40.9 Å². The van der Waals surface area contributed by atoms with Crippen molar-refractivity contribution < 1.29 is 19.7 Å². The van der Waals surface area contributed by atoms with Crippen molar-refractivity contribution in [1.82, 2.24) is 0 Å². The van der Waals surface area contributed by atoms with Gasteiger partial charge in [0, 0.05) is 5.92 Å². The molecule has 4 aliphatic carbocycles. The SMILES string of the molecule is C[C@]12CC[C@H]3[C@@H](CCC4C[C@@H](O)CC[C@@H]43)[C@@H]1CC[C@@H]2C1(CO)OCCO1. The van der Waals surface area contributed by atoms with E-state index in [1.807, 2.05) is 0 Å². The van der Waals surface area contributed by atoms with Crippen LogP contribution in [0.4, 0.5) is 0 Å². The lowest BCUT2D eigenvalue weighted by molar-refractivity contribution is -0.245. The molecule has 5 rings (SSSR count). The van der Waals surface area contributed by atoms with Gasteiger partial charge in [0.1, 0.15) is 0 Å². The van der Waals surface area contributed by atoms with E-state index in [2.05, 4.69) is 6.92 Å². The van der Waals surface area contributed by atoms with Crippen molar-refractivity contribution in [2.75, 3.05) is 19.8 Å². The second-order valence-corrected chi connectivity index (χ2v) is 10.2. The largest absolute Gasteiger partial charge is 0.393 e. The number of aliphatic hydroxyl groups is 2. The molecule has 4 nitrogen and oxygen atoms in total. The van der Waals surface area contributed by atoms with Crippen molar-refractivity contribution in [3.63, 3.8) is 0 Å². The summed E-state index contributed by atoms with van der Waals surface area (Å²) in [5.74, 6) is 3.69. The Labute approximate surface area is 157 Å². The summed E-state index contributed by atoms with van der Waals surface area (Å²) in [7, 11) is 0. The predicted octanol–water partition coefficient (Wildman–Crippen LogP) is 3.35. The molecule has 8 atom stereocenters. The Morgan fingerprint density at radius 3 is 2.42 bits per heavy atom. The summed E-state index contributed by atoms with van der Waals surface area (Å²) in [6.07, 6.45) is 10.9. The smallest absolute Gasteiger partial charge is 0.195 e. The van der Waals surface area contributed by atoms with Gasteiger partial charge in [-0.2, -0.15) is 0 Å². The van der Waals surface area contributed by atoms with Crippen LogP contribution in [-0.4, -0.2) is 41.9 Å². The quantitative estimate of drug-likeness (QED) is 0.789. The lowest BCUT2D eigenvalue weighted by Gasteiger charge is -2.57. The van der Waals surface area contributed by atoms with E-state index in [1.54, 1.807) is 0 Å². The molecule has 0 amide bonds. The van der Waals surface area contributed by atoms with E-state index in [0.29, 0.717) is 19.1 Å². The highest BCUT2D eigenvalue weighted by Crippen LogP contribution is 2.66. The van der Waals surface area contributed by atoms with Gasteiger partial charge in [-0.25, -0.2) is 0 Å². The highest BCUT2D eigenvalue weighted by Gasteiger charge is 2.63. The Hall–Kier alpha value is -0.160. The lowest BCUT2D eigenvalue weighted by Crippen LogP contribution is -2.54. The second kappa shape index (κ2) is 6.43. The molecule has 1 aliphatic heterocycles. The Balaban J connectivity index is 1.39. The van der Waals surface area contributed by atoms with E-state index >= 15 is 0 Å². The first-order valence-electron chi connectivity index (χ1n) is 11.1. The van der Waals surface area contributed by atoms with E-state index in [0.717, 1.165) is 48.9 Å². The van der Waals surface area contributed by atoms with Crippen LogP contribution in [0.5, 0.6) is 0 Å². The molecule has 148 valence electrons. The second-order valence-electron chi connectivity index (χ2n) is 10.2. The Morgan fingerprint density at radius 2 is 1.65 bits per heavy atom. The topological polar surface area (TPSA) is 58.9 Å². The third-order valence-corrected chi connectivity index (χ3v) is 9.45. The summed E-state index contributed by atoms with van der Waals surface area (Å²) in [4.78, 5) is 0. The lowest BCUT2D eigenvalue weighted by atomic mass is 9.49. The Kier molecular flexibility index (Phi) is 4.43. The van der Waals surface area contributed by atoms with Crippen LogP contribution in [-0.2, 0) is 9.47 Å². The maximum atomic E-state index is 10.1. The summed E-state index contributed by atoms with van der Waals surface area (Å²) in [5, 5.41) is 20.2. The van der Waals surface area contributed by atoms with E-state index in [-0.39, 0.29) is 18.1 Å². The Morgan fingerprint density at radius 1 is 0.885 bits per heavy atom. The number of hydrogen-bond donors (Lipinski definition) is 2. The molecule has 0 spiro atoms. The van der Waals surface area contributed by atoms with E-state index in [1.165, 1.54) is 38.5 Å². The fourth-order valence-corrected chi connectivity index (χ4v) is 8.42. The minimum atomic E-state index is -0.734. The molecular weight excluding hydrogens is 328 g/mol. The number of ether oxygens (including phenoxy) is 2. The number of aliphatic hydroxyl groups excluding tert-OH is 2. The van der Waals surface area contributed by atoms with Crippen LogP contribution in [0.2, 0.25) is 0 Å². The maximum Gasteiger partial charge on any atom is 0.195 e. The fraction of sp³-hybridized carbons (Fsp3) is 1.00. The molecule has 26 heavy (non-hydrogen) atoms. The highest BCUT2D eigenvalue weighted by atomic mass is 16.7. The molecule has 0 aromatic heterocycles. The van der Waals surface area contributed by atoms with Gasteiger partial charge in [0.25, 0.3) is 0 Å². The highest BCUT2D eigenvalue weighted by molar-refractivity contribution is 5.09. The fourth-order valence-electron chi connectivity index (χ4n) is 8.42. The van der Waals surface area contributed by atoms with Gasteiger partial charge in [0.15, 0.2) is 5.79 Å². The van der Waals surface area contributed by atoms with Crippen LogP contribution in [0.15, 0.2) is 0 Å². The third kappa shape index (κ3) is 2.48. The summed E-state index contributed by atoms with van der Waals surface area (Å²) < 4.78 is 12.0. The average Bonchev–Trinajstić information content (AvgIpc) is 3.25. The number of rotatable bonds is 2. The monoisotopic (exact) mass is 364 g/mol. The summed E-state index contributed by atoms with van der Waals surface area (Å²) >= 11 is 0. The van der Waals surface area contributed by atoms with Gasteiger partial charge in [-0.15, -0.1) is 0 Å². The molecule has 1 saturated heterocycles. The minimum Gasteiger partial charge on any atom is -0.393 e. The molecule has 0 aromatic rings. The van der Waals surface area contributed by atoms with Crippen molar-refractivity contribution in [2.45, 2.75) is 76.6 Å². The molecular formula is C22H36O4. The molecule has 0 radical (unpaired) electrons. The number of fused-ring (bicyclic) bond motifs is 5. The molecule has 0 bridgehead atoms. The van der Waals surface area contributed by atoms with E-state index < -0.39 is 5.79 Å². The van der Waals surface area contributed by atoms with Gasteiger partial charge in [0.05, 0.1) is 25.9 Å². The van der Waals surface area contributed by atoms with Crippen molar-refractivity contribution in [3.05, 3.63) is 0 Å². The molecule has 5 aliphatic rings. The van der Waals surface area contributed by atoms with E-state index in [9.17, 15) is 10.2 Å². The molecule has 5 fully saturated rings. The Bertz CT molecular complexity index is 530. The molecule has 4 saturated carbocycles. The van der Waals surface area contributed by atoms with Gasteiger partial charge >= 0.3 is 0 Å². The standard InChI is InChI=1S/C22H36O4/c1-21-9-8-17-16-5-3-15(24)12-14(16)2-4-18(17)19(21)6-7-20(21)22(13-23)25-10-11-26-22/h14-20,23-24H,2-13H2,1H3/t14?,15-,16-,17+,18+,19-,20-,21-/m0/s1. The van der Waals surface area contributed by atoms with Gasteiger partial charge in [-0.05, 0) is 92.8 Å². The van der Waals surface area contributed by atoms with Crippen molar-refractivity contribution in [3.8, 4) is 0 Å². The van der Waals surface area contributed by atoms with Crippen molar-refractivity contribution in [2.24, 2.45) is 40.9 Å². The zero-order valence-corrected chi connectivity index (χ0v) is 16.2.